The molecule has 6 nitrogen and oxygen atoms in total. The quantitative estimate of drug-likeness (QED) is 0.355. The highest BCUT2D eigenvalue weighted by atomic mass is 32.1. The van der Waals surface area contributed by atoms with E-state index in [1.54, 1.807) is 0 Å². The molecule has 1 unspecified atom stereocenters. The molecule has 1 atom stereocenters. The molecule has 0 fully saturated rings. The summed E-state index contributed by atoms with van der Waals surface area (Å²) in [5, 5.41) is 11.4. The molecule has 0 heterocycles. The number of hydrogen-bond donors (Lipinski definition) is 4. The first kappa shape index (κ1) is 12.5. The van der Waals surface area contributed by atoms with Gasteiger partial charge in [0.15, 0.2) is 0 Å². The lowest BCUT2D eigenvalue weighted by atomic mass is 10.1. The number of hydrogen-bond acceptors (Lipinski definition) is 6. The van der Waals surface area contributed by atoms with Crippen molar-refractivity contribution in [2.45, 2.75) is 17.4 Å². The molecule has 0 aromatic heterocycles. The maximum Gasteiger partial charge on any atom is 0.320 e. The fourth-order valence-corrected chi connectivity index (χ4v) is 1.60. The third kappa shape index (κ3) is 2.71. The van der Waals surface area contributed by atoms with Crippen LogP contribution in [-0.4, -0.2) is 17.1 Å². The van der Waals surface area contributed by atoms with Crippen molar-refractivity contribution in [2.24, 2.45) is 10.9 Å². The third-order valence-corrected chi connectivity index (χ3v) is 2.38. The second-order valence-electron chi connectivity index (χ2n) is 3.29. The number of nitroso groups, excluding NO2 is 1. The predicted octanol–water partition coefficient (Wildman–Crippen LogP) is 0.910. The van der Waals surface area contributed by atoms with Gasteiger partial charge in [-0.3, -0.25) is 4.79 Å². The Morgan fingerprint density at radius 2 is 2.19 bits per heavy atom. The highest BCUT2D eigenvalue weighted by Gasteiger charge is 2.14. The lowest BCUT2D eigenvalue weighted by molar-refractivity contribution is -0.138. The second kappa shape index (κ2) is 4.95. The van der Waals surface area contributed by atoms with Gasteiger partial charge in [-0.05, 0) is 29.3 Å². The van der Waals surface area contributed by atoms with Crippen LogP contribution < -0.4 is 11.5 Å². The van der Waals surface area contributed by atoms with Crippen LogP contribution in [0, 0.1) is 4.91 Å². The lowest BCUT2D eigenvalue weighted by Gasteiger charge is -2.09. The Morgan fingerprint density at radius 3 is 2.62 bits per heavy atom. The summed E-state index contributed by atoms with van der Waals surface area (Å²) in [6, 6.07) is 1.99. The van der Waals surface area contributed by atoms with Crippen molar-refractivity contribution >= 4 is 30.0 Å². The molecule has 1 rings (SSSR count). The molecule has 0 aliphatic carbocycles. The summed E-state index contributed by atoms with van der Waals surface area (Å²) in [6.07, 6.45) is 0.117. The van der Waals surface area contributed by atoms with E-state index < -0.39 is 12.0 Å². The van der Waals surface area contributed by atoms with Crippen LogP contribution in [-0.2, 0) is 11.2 Å². The summed E-state index contributed by atoms with van der Waals surface area (Å²) >= 11 is 4.03. The van der Waals surface area contributed by atoms with Gasteiger partial charge in [0.05, 0.1) is 5.69 Å². The summed E-state index contributed by atoms with van der Waals surface area (Å²) in [5.41, 5.74) is 11.7. The first-order chi connectivity index (χ1) is 7.45. The molecule has 0 saturated carbocycles. The molecule has 7 heteroatoms. The fourth-order valence-electron chi connectivity index (χ4n) is 1.26. The van der Waals surface area contributed by atoms with Crippen molar-refractivity contribution < 1.29 is 9.90 Å². The predicted molar refractivity (Wildman–Crippen MR) is 62.9 cm³/mol. The number of carbonyl (C=O) groups is 1. The molecule has 0 bridgehead atoms. The van der Waals surface area contributed by atoms with Gasteiger partial charge in [0.1, 0.15) is 11.7 Å². The summed E-state index contributed by atoms with van der Waals surface area (Å²) in [4.78, 5) is 21.3. The minimum Gasteiger partial charge on any atom is -0.480 e. The zero-order valence-corrected chi connectivity index (χ0v) is 9.15. The summed E-state index contributed by atoms with van der Waals surface area (Å²) in [6.45, 7) is 0. The third-order valence-electron chi connectivity index (χ3n) is 2.04. The summed E-state index contributed by atoms with van der Waals surface area (Å²) < 4.78 is 0. The van der Waals surface area contributed by atoms with Crippen LogP contribution in [0.4, 0.5) is 11.4 Å². The Kier molecular flexibility index (Phi) is 3.86. The van der Waals surface area contributed by atoms with Crippen molar-refractivity contribution in [1.29, 1.82) is 0 Å². The van der Waals surface area contributed by atoms with Crippen molar-refractivity contribution in [1.82, 2.24) is 0 Å². The molecular formula is C9H11N3O3S. The topological polar surface area (TPSA) is 119 Å². The van der Waals surface area contributed by atoms with E-state index in [0.717, 1.165) is 0 Å². The molecule has 0 aliphatic heterocycles. The van der Waals surface area contributed by atoms with Crippen LogP contribution in [0.15, 0.2) is 22.2 Å². The maximum atomic E-state index is 10.6. The summed E-state index contributed by atoms with van der Waals surface area (Å²) in [5.74, 6) is -1.10. The standard InChI is InChI=1S/C9H11N3O3S/c10-5-1-4(2-6(11)9(13)14)3-7(16)8(5)12-15/h1,3,6,16H,2,10-11H2,(H,13,14). The van der Waals surface area contributed by atoms with Crippen LogP contribution in [0.2, 0.25) is 0 Å². The first-order valence-corrected chi connectivity index (χ1v) is 4.83. The van der Waals surface area contributed by atoms with Crippen LogP contribution in [0.5, 0.6) is 0 Å². The minimum atomic E-state index is -1.10. The molecule has 0 aliphatic rings. The minimum absolute atomic E-state index is 0.0518. The number of nitrogens with zero attached hydrogens (tertiary/aromatic N) is 1. The average molecular weight is 241 g/mol. The Balaban J connectivity index is 3.00. The number of carboxylic acid groups (broad SMARTS) is 1. The Labute approximate surface area is 97.0 Å². The molecule has 1 aromatic rings. The maximum absolute atomic E-state index is 10.6. The molecular weight excluding hydrogens is 230 g/mol. The SMILES string of the molecule is Nc1cc(CC(N)C(=O)O)cc(S)c1N=O. The monoisotopic (exact) mass is 241 g/mol. The average Bonchev–Trinajstić information content (AvgIpc) is 2.16. The van der Waals surface area contributed by atoms with Crippen molar-refractivity contribution in [3.63, 3.8) is 0 Å². The zero-order chi connectivity index (χ0) is 12.3. The molecule has 0 amide bonds. The number of thiol groups is 1. The van der Waals surface area contributed by atoms with Crippen molar-refractivity contribution in [3.05, 3.63) is 22.6 Å². The van der Waals surface area contributed by atoms with E-state index in [-0.39, 0.29) is 17.8 Å². The Bertz CT molecular complexity index is 413. The lowest BCUT2D eigenvalue weighted by Crippen LogP contribution is -2.32. The summed E-state index contributed by atoms with van der Waals surface area (Å²) in [7, 11) is 0. The van der Waals surface area contributed by atoms with Gasteiger partial charge in [-0.1, -0.05) is 0 Å². The van der Waals surface area contributed by atoms with Crippen LogP contribution in [0.1, 0.15) is 5.56 Å². The van der Waals surface area contributed by atoms with Crippen LogP contribution in [0.25, 0.3) is 0 Å². The number of nitrogen functional groups attached to an aromatic ring is 1. The Morgan fingerprint density at radius 1 is 1.56 bits per heavy atom. The highest BCUT2D eigenvalue weighted by Crippen LogP contribution is 2.31. The van der Waals surface area contributed by atoms with E-state index in [1.807, 2.05) is 0 Å². The molecule has 0 radical (unpaired) electrons. The van der Waals surface area contributed by atoms with Gasteiger partial charge >= 0.3 is 5.97 Å². The highest BCUT2D eigenvalue weighted by molar-refractivity contribution is 7.80. The fraction of sp³-hybridized carbons (Fsp3) is 0.222. The van der Waals surface area contributed by atoms with E-state index in [4.69, 9.17) is 16.6 Å². The van der Waals surface area contributed by atoms with Gasteiger partial charge in [-0.15, -0.1) is 17.5 Å². The van der Waals surface area contributed by atoms with Gasteiger partial charge in [0, 0.05) is 4.90 Å². The van der Waals surface area contributed by atoms with E-state index in [0.29, 0.717) is 10.5 Å². The smallest absolute Gasteiger partial charge is 0.320 e. The van der Waals surface area contributed by atoms with Crippen molar-refractivity contribution in [3.8, 4) is 0 Å². The van der Waals surface area contributed by atoms with Crippen LogP contribution in [0.3, 0.4) is 0 Å². The van der Waals surface area contributed by atoms with Gasteiger partial charge < -0.3 is 16.6 Å². The Hall–Kier alpha value is -1.60. The first-order valence-electron chi connectivity index (χ1n) is 4.38. The van der Waals surface area contributed by atoms with Gasteiger partial charge in [-0.25, -0.2) is 0 Å². The molecule has 0 spiro atoms. The number of rotatable bonds is 4. The molecule has 16 heavy (non-hydrogen) atoms. The van der Waals surface area contributed by atoms with E-state index in [1.165, 1.54) is 12.1 Å². The largest absolute Gasteiger partial charge is 0.480 e. The normalized spacial score (nSPS) is 12.1. The van der Waals surface area contributed by atoms with E-state index >= 15 is 0 Å². The van der Waals surface area contributed by atoms with Gasteiger partial charge in [-0.2, -0.15) is 0 Å². The molecule has 0 saturated heterocycles. The zero-order valence-electron chi connectivity index (χ0n) is 8.25. The number of nitrogens with two attached hydrogens (primary N) is 2. The van der Waals surface area contributed by atoms with Crippen molar-refractivity contribution in [2.75, 3.05) is 5.73 Å². The van der Waals surface area contributed by atoms with Gasteiger partial charge in [0.25, 0.3) is 0 Å². The molecule has 86 valence electrons. The number of anilines is 1. The van der Waals surface area contributed by atoms with Crippen LogP contribution >= 0.6 is 12.6 Å². The number of benzene rings is 1. The van der Waals surface area contributed by atoms with E-state index in [2.05, 4.69) is 17.8 Å². The van der Waals surface area contributed by atoms with Gasteiger partial charge in [0.2, 0.25) is 0 Å². The number of carboxylic acids is 1. The molecule has 5 N–H and O–H groups in total. The van der Waals surface area contributed by atoms with E-state index in [9.17, 15) is 9.70 Å². The number of aliphatic carboxylic acids is 1. The molecule has 1 aromatic carbocycles. The second-order valence-corrected chi connectivity index (χ2v) is 3.77.